The van der Waals surface area contributed by atoms with E-state index in [0.29, 0.717) is 0 Å². The Kier molecular flexibility index (Phi) is 3.96. The highest BCUT2D eigenvalue weighted by atomic mass is 79.9. The molecule has 5 nitrogen and oxygen atoms in total. The van der Waals surface area contributed by atoms with E-state index >= 15 is 0 Å². The van der Waals surface area contributed by atoms with Crippen LogP contribution < -0.4 is 5.32 Å². The van der Waals surface area contributed by atoms with Gasteiger partial charge in [-0.15, -0.1) is 0 Å². The molecule has 0 saturated carbocycles. The third kappa shape index (κ3) is 2.25. The van der Waals surface area contributed by atoms with Crippen molar-refractivity contribution >= 4 is 21.7 Å². The summed E-state index contributed by atoms with van der Waals surface area (Å²) in [6, 6.07) is 2.12. The van der Waals surface area contributed by atoms with E-state index in [9.17, 15) is 0 Å². The Bertz CT molecular complexity index is 549. The minimum Gasteiger partial charge on any atom is -0.372 e. The van der Waals surface area contributed by atoms with Crippen molar-refractivity contribution in [1.29, 1.82) is 0 Å². The molecule has 2 aromatic heterocycles. The van der Waals surface area contributed by atoms with Crippen molar-refractivity contribution in [2.75, 3.05) is 12.4 Å². The molecule has 0 amide bonds. The molecule has 0 aliphatic carbocycles. The first kappa shape index (κ1) is 13.0. The normalized spacial score (nSPS) is 10.7. The maximum Gasteiger partial charge on any atom is 0.173 e. The van der Waals surface area contributed by atoms with E-state index in [1.165, 1.54) is 0 Å². The van der Waals surface area contributed by atoms with Gasteiger partial charge in [0.2, 0.25) is 0 Å². The second kappa shape index (κ2) is 5.48. The van der Waals surface area contributed by atoms with E-state index < -0.39 is 0 Å². The third-order valence-corrected chi connectivity index (χ3v) is 3.50. The minimum absolute atomic E-state index is 0.760. The fourth-order valence-electron chi connectivity index (χ4n) is 1.77. The molecule has 0 spiro atoms. The molecule has 2 rings (SSSR count). The van der Waals surface area contributed by atoms with Gasteiger partial charge in [-0.3, -0.25) is 0 Å². The molecule has 0 radical (unpaired) electrons. The third-order valence-electron chi connectivity index (χ3n) is 2.77. The van der Waals surface area contributed by atoms with Gasteiger partial charge in [-0.2, -0.15) is 5.10 Å². The van der Waals surface area contributed by atoms with Crippen molar-refractivity contribution in [1.82, 2.24) is 19.7 Å². The van der Waals surface area contributed by atoms with Gasteiger partial charge >= 0.3 is 0 Å². The maximum atomic E-state index is 4.57. The molecule has 0 atom stereocenters. The standard InChI is InChI=1S/C12H16BrN5/c1-4-8-6-9(5-2)18(17-8)12-10(13)11(14-3)15-7-16-12/h6-7H,4-5H2,1-3H3,(H,14,15,16). The number of hydrogen-bond donors (Lipinski definition) is 1. The summed E-state index contributed by atoms with van der Waals surface area (Å²) in [6.45, 7) is 4.21. The van der Waals surface area contributed by atoms with E-state index in [4.69, 9.17) is 0 Å². The molecular formula is C12H16BrN5. The Morgan fingerprint density at radius 1 is 1.28 bits per heavy atom. The van der Waals surface area contributed by atoms with Crippen LogP contribution >= 0.6 is 15.9 Å². The van der Waals surface area contributed by atoms with Crippen molar-refractivity contribution in [3.63, 3.8) is 0 Å². The van der Waals surface area contributed by atoms with Crippen molar-refractivity contribution in [3.8, 4) is 5.82 Å². The van der Waals surface area contributed by atoms with Crippen LogP contribution in [0, 0.1) is 0 Å². The Balaban J connectivity index is 2.57. The number of hydrogen-bond acceptors (Lipinski definition) is 4. The average Bonchev–Trinajstić information content (AvgIpc) is 2.82. The number of halogens is 1. The van der Waals surface area contributed by atoms with Crippen LogP contribution in [0.15, 0.2) is 16.9 Å². The van der Waals surface area contributed by atoms with Gasteiger partial charge in [0, 0.05) is 12.7 Å². The molecule has 2 heterocycles. The van der Waals surface area contributed by atoms with E-state index in [2.05, 4.69) is 56.2 Å². The van der Waals surface area contributed by atoms with Crippen LogP contribution in [-0.4, -0.2) is 26.8 Å². The predicted octanol–water partition coefficient (Wildman–Crippen LogP) is 2.59. The lowest BCUT2D eigenvalue weighted by Gasteiger charge is -2.09. The van der Waals surface area contributed by atoms with Gasteiger partial charge in [0.15, 0.2) is 5.82 Å². The van der Waals surface area contributed by atoms with E-state index in [1.807, 2.05) is 11.7 Å². The van der Waals surface area contributed by atoms with Crippen LogP contribution in [0.3, 0.4) is 0 Å². The summed E-state index contributed by atoms with van der Waals surface area (Å²) >= 11 is 3.52. The summed E-state index contributed by atoms with van der Waals surface area (Å²) in [5, 5.41) is 7.60. The predicted molar refractivity (Wildman–Crippen MR) is 75.2 cm³/mol. The van der Waals surface area contributed by atoms with E-state index in [0.717, 1.165) is 40.3 Å². The van der Waals surface area contributed by atoms with Gasteiger partial charge in [-0.1, -0.05) is 13.8 Å². The van der Waals surface area contributed by atoms with Crippen molar-refractivity contribution in [2.24, 2.45) is 0 Å². The van der Waals surface area contributed by atoms with Crippen molar-refractivity contribution in [2.45, 2.75) is 26.7 Å². The van der Waals surface area contributed by atoms with E-state index in [-0.39, 0.29) is 0 Å². The highest BCUT2D eigenvalue weighted by Crippen LogP contribution is 2.26. The molecule has 18 heavy (non-hydrogen) atoms. The van der Waals surface area contributed by atoms with Crippen LogP contribution in [0.4, 0.5) is 5.82 Å². The first-order valence-electron chi connectivity index (χ1n) is 5.97. The highest BCUT2D eigenvalue weighted by Gasteiger charge is 2.14. The van der Waals surface area contributed by atoms with Gasteiger partial charge in [-0.25, -0.2) is 14.6 Å². The molecule has 0 fully saturated rings. The molecule has 2 aromatic rings. The second-order valence-corrected chi connectivity index (χ2v) is 4.65. The number of rotatable bonds is 4. The summed E-state index contributed by atoms with van der Waals surface area (Å²) in [5.74, 6) is 1.53. The van der Waals surface area contributed by atoms with Crippen molar-refractivity contribution < 1.29 is 0 Å². The molecule has 6 heteroatoms. The monoisotopic (exact) mass is 309 g/mol. The summed E-state index contributed by atoms with van der Waals surface area (Å²) in [7, 11) is 1.83. The number of anilines is 1. The van der Waals surface area contributed by atoms with Crippen LogP contribution in [-0.2, 0) is 12.8 Å². The zero-order chi connectivity index (χ0) is 13.1. The molecule has 0 aliphatic rings. The lowest BCUT2D eigenvalue weighted by molar-refractivity contribution is 0.765. The van der Waals surface area contributed by atoms with Crippen LogP contribution in [0.1, 0.15) is 25.2 Å². The van der Waals surface area contributed by atoms with Gasteiger partial charge in [0.1, 0.15) is 16.6 Å². The Hall–Kier alpha value is -1.43. The van der Waals surface area contributed by atoms with Crippen LogP contribution in [0.2, 0.25) is 0 Å². The first-order valence-corrected chi connectivity index (χ1v) is 6.77. The Labute approximate surface area is 115 Å². The van der Waals surface area contributed by atoms with Gasteiger partial charge in [-0.05, 0) is 34.8 Å². The largest absolute Gasteiger partial charge is 0.372 e. The Morgan fingerprint density at radius 2 is 2.06 bits per heavy atom. The summed E-state index contributed by atoms with van der Waals surface area (Å²) in [4.78, 5) is 8.47. The quantitative estimate of drug-likeness (QED) is 0.943. The van der Waals surface area contributed by atoms with Crippen LogP contribution in [0.25, 0.3) is 5.82 Å². The average molecular weight is 310 g/mol. The van der Waals surface area contributed by atoms with E-state index in [1.54, 1.807) is 6.33 Å². The van der Waals surface area contributed by atoms with Crippen molar-refractivity contribution in [3.05, 3.63) is 28.3 Å². The molecule has 0 aliphatic heterocycles. The lowest BCUT2D eigenvalue weighted by Crippen LogP contribution is -2.07. The second-order valence-electron chi connectivity index (χ2n) is 3.86. The zero-order valence-electron chi connectivity index (χ0n) is 10.7. The first-order chi connectivity index (χ1) is 8.71. The Morgan fingerprint density at radius 3 is 2.67 bits per heavy atom. The fourth-order valence-corrected chi connectivity index (χ4v) is 2.34. The SMILES string of the molecule is CCc1cc(CC)n(-c2ncnc(NC)c2Br)n1. The molecule has 0 aromatic carbocycles. The number of aromatic nitrogens is 4. The fraction of sp³-hybridized carbons (Fsp3) is 0.417. The maximum absolute atomic E-state index is 4.57. The lowest BCUT2D eigenvalue weighted by atomic mass is 10.2. The number of nitrogens with one attached hydrogen (secondary N) is 1. The van der Waals surface area contributed by atoms with Gasteiger partial charge < -0.3 is 5.32 Å². The van der Waals surface area contributed by atoms with Gasteiger partial charge in [0.25, 0.3) is 0 Å². The highest BCUT2D eigenvalue weighted by molar-refractivity contribution is 9.10. The number of aryl methyl sites for hydroxylation is 2. The summed E-state index contributed by atoms with van der Waals surface area (Å²) in [6.07, 6.45) is 3.37. The smallest absolute Gasteiger partial charge is 0.173 e. The molecule has 1 N–H and O–H groups in total. The summed E-state index contributed by atoms with van der Waals surface area (Å²) < 4.78 is 2.71. The van der Waals surface area contributed by atoms with Gasteiger partial charge in [0.05, 0.1) is 5.69 Å². The topological polar surface area (TPSA) is 55.6 Å². The number of nitrogens with zero attached hydrogens (tertiary/aromatic N) is 4. The molecule has 96 valence electrons. The molecular weight excluding hydrogens is 294 g/mol. The molecule has 0 unspecified atom stereocenters. The minimum atomic E-state index is 0.760. The molecule has 0 saturated heterocycles. The zero-order valence-corrected chi connectivity index (χ0v) is 12.3. The summed E-state index contributed by atoms with van der Waals surface area (Å²) in [5.41, 5.74) is 2.22. The van der Waals surface area contributed by atoms with Crippen LogP contribution in [0.5, 0.6) is 0 Å². The molecule has 0 bridgehead atoms.